The number of imidazole rings is 1. The third kappa shape index (κ3) is 4.74. The molecule has 0 radical (unpaired) electrons. The Balaban J connectivity index is 1.89. The molecule has 0 fully saturated rings. The Morgan fingerprint density at radius 1 is 1.41 bits per heavy atom. The fourth-order valence-corrected chi connectivity index (χ4v) is 2.54. The van der Waals surface area contributed by atoms with Crippen LogP contribution in [0.25, 0.3) is 11.2 Å². The van der Waals surface area contributed by atoms with Crippen molar-refractivity contribution in [2.75, 3.05) is 18.7 Å². The Bertz CT molecular complexity index is 696. The number of H-pyrrole nitrogens is 1. The van der Waals surface area contributed by atoms with Crippen molar-refractivity contribution in [2.24, 2.45) is 5.41 Å². The molecule has 1 unspecified atom stereocenters. The summed E-state index contributed by atoms with van der Waals surface area (Å²) in [5.41, 5.74) is 6.41. The molecule has 0 saturated carbocycles. The molecule has 0 saturated heterocycles. The number of nitrogens with one attached hydrogen (secondary N) is 1. The van der Waals surface area contributed by atoms with Crippen LogP contribution >= 0.6 is 7.60 Å². The maximum absolute atomic E-state index is 11.8. The predicted molar refractivity (Wildman–Crippen MR) is 81.0 cm³/mol. The molecular weight excluding hydrogens is 309 g/mol. The van der Waals surface area contributed by atoms with Crippen LogP contribution in [0, 0.1) is 5.41 Å². The van der Waals surface area contributed by atoms with E-state index in [4.69, 9.17) is 15.0 Å². The van der Waals surface area contributed by atoms with Gasteiger partial charge in [-0.1, -0.05) is 20.8 Å². The fourth-order valence-electron chi connectivity index (χ4n) is 1.55. The number of aromatic nitrogens is 4. The topological polar surface area (TPSA) is 136 Å². The molecule has 0 bridgehead atoms. The minimum atomic E-state index is -3.79. The van der Waals surface area contributed by atoms with E-state index in [0.29, 0.717) is 17.0 Å². The van der Waals surface area contributed by atoms with Crippen LogP contribution in [0.4, 0.5) is 5.82 Å². The number of rotatable bonds is 6. The van der Waals surface area contributed by atoms with Gasteiger partial charge in [0.25, 0.3) is 0 Å². The predicted octanol–water partition coefficient (Wildman–Crippen LogP) is 1.66. The highest BCUT2D eigenvalue weighted by Crippen LogP contribution is 2.43. The Labute approximate surface area is 127 Å². The van der Waals surface area contributed by atoms with E-state index in [9.17, 15) is 9.46 Å². The first-order valence-corrected chi connectivity index (χ1v) is 8.42. The average molecular weight is 329 g/mol. The highest BCUT2D eigenvalue weighted by Gasteiger charge is 2.23. The van der Waals surface area contributed by atoms with Gasteiger partial charge in [0.05, 0.1) is 6.61 Å². The summed E-state index contributed by atoms with van der Waals surface area (Å²) in [6, 6.07) is 0. The SMILES string of the molecule is CC(C)(C)COP(=O)(O)COCc1nc2ncnc(N)c2[nH]1. The maximum Gasteiger partial charge on any atom is 0.353 e. The highest BCUT2D eigenvalue weighted by molar-refractivity contribution is 7.52. The van der Waals surface area contributed by atoms with E-state index in [1.54, 1.807) is 0 Å². The number of nitrogens with zero attached hydrogens (tertiary/aromatic N) is 3. The lowest BCUT2D eigenvalue weighted by molar-refractivity contribution is 0.114. The normalized spacial score (nSPS) is 15.1. The molecule has 22 heavy (non-hydrogen) atoms. The van der Waals surface area contributed by atoms with Crippen molar-refractivity contribution < 1.29 is 18.7 Å². The van der Waals surface area contributed by atoms with Crippen LogP contribution in [0.15, 0.2) is 6.33 Å². The average Bonchev–Trinajstić information content (AvgIpc) is 2.80. The van der Waals surface area contributed by atoms with E-state index < -0.39 is 13.9 Å². The molecule has 0 aliphatic heterocycles. The summed E-state index contributed by atoms with van der Waals surface area (Å²) in [6.07, 6.45) is 0.896. The van der Waals surface area contributed by atoms with Crippen molar-refractivity contribution in [1.29, 1.82) is 0 Å². The largest absolute Gasteiger partial charge is 0.382 e. The summed E-state index contributed by atoms with van der Waals surface area (Å²) in [4.78, 5) is 24.5. The fraction of sp³-hybridized carbons (Fsp3) is 0.583. The maximum atomic E-state index is 11.8. The standard InChI is InChI=1S/C12H20N5O4P/c1-12(2,3)5-21-22(18,19)7-20-4-8-16-9-10(13)14-6-15-11(9)17-8/h6H,4-5,7H2,1-3H3,(H,18,19)(H3,13,14,15,16,17). The zero-order chi connectivity index (χ0) is 16.4. The zero-order valence-corrected chi connectivity index (χ0v) is 13.6. The van der Waals surface area contributed by atoms with Crippen LogP contribution in [-0.4, -0.2) is 37.8 Å². The van der Waals surface area contributed by atoms with Crippen molar-refractivity contribution >= 4 is 24.6 Å². The Kier molecular flexibility index (Phi) is 4.81. The van der Waals surface area contributed by atoms with Crippen molar-refractivity contribution in [3.63, 3.8) is 0 Å². The van der Waals surface area contributed by atoms with Gasteiger partial charge >= 0.3 is 7.60 Å². The number of nitrogen functional groups attached to an aromatic ring is 1. The summed E-state index contributed by atoms with van der Waals surface area (Å²) >= 11 is 0. The number of fused-ring (bicyclic) bond motifs is 1. The molecule has 9 nitrogen and oxygen atoms in total. The quantitative estimate of drug-likeness (QED) is 0.681. The third-order valence-corrected chi connectivity index (χ3v) is 3.60. The monoisotopic (exact) mass is 329 g/mol. The molecule has 1 atom stereocenters. The van der Waals surface area contributed by atoms with Gasteiger partial charge in [-0.25, -0.2) is 15.0 Å². The van der Waals surface area contributed by atoms with E-state index >= 15 is 0 Å². The van der Waals surface area contributed by atoms with E-state index in [2.05, 4.69) is 19.9 Å². The van der Waals surface area contributed by atoms with Crippen LogP contribution in [0.5, 0.6) is 0 Å². The van der Waals surface area contributed by atoms with Crippen molar-refractivity contribution in [3.8, 4) is 0 Å². The molecule has 4 N–H and O–H groups in total. The van der Waals surface area contributed by atoms with Gasteiger partial charge in [0, 0.05) is 0 Å². The molecule has 10 heteroatoms. The number of anilines is 1. The van der Waals surface area contributed by atoms with E-state index in [-0.39, 0.29) is 24.4 Å². The molecule has 2 aromatic heterocycles. The van der Waals surface area contributed by atoms with Crippen LogP contribution in [0.3, 0.4) is 0 Å². The molecule has 0 aliphatic carbocycles. The molecule has 122 valence electrons. The van der Waals surface area contributed by atoms with Crippen molar-refractivity contribution in [3.05, 3.63) is 12.2 Å². The Morgan fingerprint density at radius 3 is 2.77 bits per heavy atom. The molecular formula is C12H20N5O4P. The summed E-state index contributed by atoms with van der Waals surface area (Å²) in [6.45, 7) is 5.91. The van der Waals surface area contributed by atoms with Gasteiger partial charge in [-0.2, -0.15) is 0 Å². The third-order valence-electron chi connectivity index (χ3n) is 2.56. The highest BCUT2D eigenvalue weighted by atomic mass is 31.2. The summed E-state index contributed by atoms with van der Waals surface area (Å²) in [5.74, 6) is 0.725. The molecule has 0 aliphatic rings. The van der Waals surface area contributed by atoms with E-state index in [0.717, 1.165) is 0 Å². The van der Waals surface area contributed by atoms with Gasteiger partial charge in [0.15, 0.2) is 11.5 Å². The lowest BCUT2D eigenvalue weighted by Crippen LogP contribution is -2.14. The van der Waals surface area contributed by atoms with Crippen molar-refractivity contribution in [2.45, 2.75) is 27.4 Å². The summed E-state index contributed by atoms with van der Waals surface area (Å²) < 4.78 is 22.0. The first-order chi connectivity index (χ1) is 10.2. The molecule has 2 aromatic rings. The first-order valence-electron chi connectivity index (χ1n) is 6.65. The van der Waals surface area contributed by atoms with Gasteiger partial charge < -0.3 is 24.9 Å². The van der Waals surface area contributed by atoms with Gasteiger partial charge in [-0.15, -0.1) is 0 Å². The van der Waals surface area contributed by atoms with Gasteiger partial charge in [-0.3, -0.25) is 4.57 Å². The first kappa shape index (κ1) is 16.8. The summed E-state index contributed by atoms with van der Waals surface area (Å²) in [5, 5.41) is 0. The second-order valence-corrected chi connectivity index (χ2v) is 7.88. The second kappa shape index (κ2) is 6.29. The van der Waals surface area contributed by atoms with Crippen molar-refractivity contribution in [1.82, 2.24) is 19.9 Å². The number of hydrogen-bond acceptors (Lipinski definition) is 7. The number of ether oxygens (including phenoxy) is 1. The lowest BCUT2D eigenvalue weighted by Gasteiger charge is -2.20. The van der Waals surface area contributed by atoms with Crippen LogP contribution in [0.1, 0.15) is 26.6 Å². The summed E-state index contributed by atoms with van der Waals surface area (Å²) in [7, 11) is -3.79. The number of hydrogen-bond donors (Lipinski definition) is 3. The van der Waals surface area contributed by atoms with Gasteiger partial charge in [0.2, 0.25) is 0 Å². The van der Waals surface area contributed by atoms with Crippen LogP contribution < -0.4 is 5.73 Å². The zero-order valence-electron chi connectivity index (χ0n) is 12.7. The Hall–Kier alpha value is -1.54. The number of aromatic amines is 1. The molecule has 0 spiro atoms. The molecule has 2 heterocycles. The minimum Gasteiger partial charge on any atom is -0.382 e. The van der Waals surface area contributed by atoms with Gasteiger partial charge in [-0.05, 0) is 5.41 Å². The molecule has 0 amide bonds. The smallest absolute Gasteiger partial charge is 0.353 e. The molecule has 0 aromatic carbocycles. The second-order valence-electron chi connectivity index (χ2n) is 6.09. The number of nitrogens with two attached hydrogens (primary N) is 1. The van der Waals surface area contributed by atoms with Crippen LogP contribution in [-0.2, 0) is 20.4 Å². The lowest BCUT2D eigenvalue weighted by atomic mass is 9.99. The molecule has 2 rings (SSSR count). The van der Waals surface area contributed by atoms with Crippen LogP contribution in [0.2, 0.25) is 0 Å². The Morgan fingerprint density at radius 2 is 2.14 bits per heavy atom. The van der Waals surface area contributed by atoms with E-state index in [1.807, 2.05) is 20.8 Å². The van der Waals surface area contributed by atoms with Gasteiger partial charge in [0.1, 0.15) is 30.6 Å². The van der Waals surface area contributed by atoms with E-state index in [1.165, 1.54) is 6.33 Å². The minimum absolute atomic E-state index is 0.0131.